The molecule has 6 nitrogen and oxygen atoms in total. The minimum absolute atomic E-state index is 0.199. The van der Waals surface area contributed by atoms with Gasteiger partial charge in [0.25, 0.3) is 5.91 Å². The molecule has 0 aromatic heterocycles. The highest BCUT2D eigenvalue weighted by molar-refractivity contribution is 5.88. The van der Waals surface area contributed by atoms with E-state index < -0.39 is 17.6 Å². The van der Waals surface area contributed by atoms with Gasteiger partial charge in [-0.05, 0) is 27.7 Å². The van der Waals surface area contributed by atoms with E-state index >= 15 is 0 Å². The van der Waals surface area contributed by atoms with Gasteiger partial charge in [0.2, 0.25) is 0 Å². The van der Waals surface area contributed by atoms with Crippen molar-refractivity contribution in [1.82, 2.24) is 5.06 Å². The van der Waals surface area contributed by atoms with E-state index in [-0.39, 0.29) is 18.6 Å². The SMILES string of the molecule is C[C@H]1[C@H](N)C(=O)N1OCC(=O)OC(C)(C)C. The smallest absolute Gasteiger partial charge is 0.335 e. The van der Waals surface area contributed by atoms with Crippen LogP contribution in [0.4, 0.5) is 0 Å². The Morgan fingerprint density at radius 2 is 2.06 bits per heavy atom. The molecule has 1 aliphatic rings. The number of hydrogen-bond acceptors (Lipinski definition) is 5. The van der Waals surface area contributed by atoms with Crippen LogP contribution in [0.2, 0.25) is 0 Å². The summed E-state index contributed by atoms with van der Waals surface area (Å²) in [5.74, 6) is -0.816. The van der Waals surface area contributed by atoms with Gasteiger partial charge in [-0.15, -0.1) is 0 Å². The van der Waals surface area contributed by atoms with Crippen molar-refractivity contribution in [3.8, 4) is 0 Å². The average Bonchev–Trinajstić information content (AvgIpc) is 2.14. The molecule has 2 atom stereocenters. The van der Waals surface area contributed by atoms with E-state index in [2.05, 4.69) is 0 Å². The number of carbonyl (C=O) groups is 2. The summed E-state index contributed by atoms with van der Waals surface area (Å²) in [7, 11) is 0. The first-order valence-corrected chi connectivity index (χ1v) is 5.16. The Morgan fingerprint density at radius 1 is 1.50 bits per heavy atom. The first kappa shape index (κ1) is 12.9. The number of esters is 1. The third-order valence-electron chi connectivity index (χ3n) is 2.13. The Kier molecular flexibility index (Phi) is 3.54. The van der Waals surface area contributed by atoms with E-state index in [0.717, 1.165) is 5.06 Å². The number of ether oxygens (including phenoxy) is 1. The molecule has 2 N–H and O–H groups in total. The van der Waals surface area contributed by atoms with Gasteiger partial charge in [-0.3, -0.25) is 9.63 Å². The Morgan fingerprint density at radius 3 is 2.50 bits per heavy atom. The summed E-state index contributed by atoms with van der Waals surface area (Å²) in [6, 6.07) is -0.728. The molecule has 0 saturated carbocycles. The van der Waals surface area contributed by atoms with Crippen molar-refractivity contribution in [2.75, 3.05) is 6.61 Å². The van der Waals surface area contributed by atoms with E-state index in [0.29, 0.717) is 0 Å². The summed E-state index contributed by atoms with van der Waals surface area (Å²) in [6.07, 6.45) is 0. The fourth-order valence-electron chi connectivity index (χ4n) is 1.29. The van der Waals surface area contributed by atoms with Gasteiger partial charge in [0.05, 0.1) is 6.04 Å². The Balaban J connectivity index is 2.31. The van der Waals surface area contributed by atoms with E-state index in [9.17, 15) is 9.59 Å². The maximum atomic E-state index is 11.3. The molecule has 16 heavy (non-hydrogen) atoms. The van der Waals surface area contributed by atoms with E-state index in [1.54, 1.807) is 27.7 Å². The zero-order valence-electron chi connectivity index (χ0n) is 10.0. The Hall–Kier alpha value is -1.14. The lowest BCUT2D eigenvalue weighted by Gasteiger charge is -2.41. The molecule has 1 amide bonds. The second kappa shape index (κ2) is 4.39. The lowest BCUT2D eigenvalue weighted by Crippen LogP contribution is -2.67. The Labute approximate surface area is 94.6 Å². The number of nitrogens with zero attached hydrogens (tertiary/aromatic N) is 1. The highest BCUT2D eigenvalue weighted by Gasteiger charge is 2.43. The van der Waals surface area contributed by atoms with Crippen molar-refractivity contribution in [3.63, 3.8) is 0 Å². The predicted octanol–water partition coefficient (Wildman–Crippen LogP) is -0.182. The summed E-state index contributed by atoms with van der Waals surface area (Å²) in [5.41, 5.74) is 4.92. The van der Waals surface area contributed by atoms with Gasteiger partial charge in [-0.1, -0.05) is 0 Å². The minimum atomic E-state index is -0.554. The van der Waals surface area contributed by atoms with Crippen molar-refractivity contribution in [3.05, 3.63) is 0 Å². The van der Waals surface area contributed by atoms with Crippen LogP contribution in [0.15, 0.2) is 0 Å². The molecule has 6 heteroatoms. The highest BCUT2D eigenvalue weighted by Crippen LogP contribution is 2.18. The van der Waals surface area contributed by atoms with Crippen LogP contribution in [0.25, 0.3) is 0 Å². The molecule has 0 unspecified atom stereocenters. The number of rotatable bonds is 3. The predicted molar refractivity (Wildman–Crippen MR) is 56.1 cm³/mol. The summed E-state index contributed by atoms with van der Waals surface area (Å²) in [6.45, 7) is 6.76. The van der Waals surface area contributed by atoms with Crippen LogP contribution in [0.3, 0.4) is 0 Å². The molecule has 0 aromatic rings. The van der Waals surface area contributed by atoms with Crippen molar-refractivity contribution >= 4 is 11.9 Å². The third kappa shape index (κ3) is 2.93. The maximum Gasteiger partial charge on any atom is 0.335 e. The van der Waals surface area contributed by atoms with Crippen molar-refractivity contribution < 1.29 is 19.2 Å². The van der Waals surface area contributed by atoms with Gasteiger partial charge >= 0.3 is 5.97 Å². The maximum absolute atomic E-state index is 11.3. The normalized spacial score (nSPS) is 25.3. The second-order valence-corrected chi connectivity index (χ2v) is 4.79. The molecular formula is C10H18N2O4. The molecule has 1 rings (SSSR count). The zero-order chi connectivity index (χ0) is 12.5. The molecule has 1 saturated heterocycles. The van der Waals surface area contributed by atoms with Gasteiger partial charge in [0.1, 0.15) is 11.6 Å². The minimum Gasteiger partial charge on any atom is -0.458 e. The molecule has 92 valence electrons. The number of hydroxylamine groups is 2. The van der Waals surface area contributed by atoms with Crippen LogP contribution >= 0.6 is 0 Å². The lowest BCUT2D eigenvalue weighted by molar-refractivity contribution is -0.233. The number of nitrogens with two attached hydrogens (primary N) is 1. The van der Waals surface area contributed by atoms with Gasteiger partial charge in [0.15, 0.2) is 6.61 Å². The summed E-state index contributed by atoms with van der Waals surface area (Å²) < 4.78 is 5.02. The van der Waals surface area contributed by atoms with Crippen molar-refractivity contribution in [1.29, 1.82) is 0 Å². The summed E-state index contributed by atoms with van der Waals surface area (Å²) in [5, 5.41) is 1.11. The van der Waals surface area contributed by atoms with Crippen molar-refractivity contribution in [2.45, 2.75) is 45.4 Å². The lowest BCUT2D eigenvalue weighted by atomic mass is 10.0. The molecule has 0 aromatic carbocycles. The van der Waals surface area contributed by atoms with Crippen LogP contribution in [0.5, 0.6) is 0 Å². The van der Waals surface area contributed by atoms with Crippen LogP contribution in [0.1, 0.15) is 27.7 Å². The first-order chi connectivity index (χ1) is 7.22. The molecule has 0 aliphatic carbocycles. The molecule has 0 bridgehead atoms. The fraction of sp³-hybridized carbons (Fsp3) is 0.800. The van der Waals surface area contributed by atoms with Crippen LogP contribution in [0, 0.1) is 0 Å². The number of hydrogen-bond donors (Lipinski definition) is 1. The summed E-state index contributed by atoms with van der Waals surface area (Å²) >= 11 is 0. The Bertz CT molecular complexity index is 298. The van der Waals surface area contributed by atoms with Crippen LogP contribution < -0.4 is 5.73 Å². The van der Waals surface area contributed by atoms with E-state index in [4.69, 9.17) is 15.3 Å². The summed E-state index contributed by atoms with van der Waals surface area (Å²) in [4.78, 5) is 27.5. The van der Waals surface area contributed by atoms with Gasteiger partial charge < -0.3 is 10.5 Å². The molecule has 1 fully saturated rings. The molecule has 1 aliphatic heterocycles. The van der Waals surface area contributed by atoms with Crippen molar-refractivity contribution in [2.24, 2.45) is 5.73 Å². The topological polar surface area (TPSA) is 81.9 Å². The van der Waals surface area contributed by atoms with Gasteiger partial charge in [-0.25, -0.2) is 9.86 Å². The van der Waals surface area contributed by atoms with Crippen LogP contribution in [-0.4, -0.2) is 41.2 Å². The number of carbonyl (C=O) groups excluding carboxylic acids is 2. The second-order valence-electron chi connectivity index (χ2n) is 4.79. The first-order valence-electron chi connectivity index (χ1n) is 5.16. The molecule has 0 spiro atoms. The number of amides is 1. The van der Waals surface area contributed by atoms with Crippen LogP contribution in [-0.2, 0) is 19.2 Å². The van der Waals surface area contributed by atoms with E-state index in [1.807, 2.05) is 0 Å². The monoisotopic (exact) mass is 230 g/mol. The quantitative estimate of drug-likeness (QED) is 0.537. The van der Waals surface area contributed by atoms with E-state index in [1.165, 1.54) is 0 Å². The third-order valence-corrected chi connectivity index (χ3v) is 2.13. The zero-order valence-corrected chi connectivity index (χ0v) is 10.0. The van der Waals surface area contributed by atoms with Gasteiger partial charge in [0, 0.05) is 0 Å². The average molecular weight is 230 g/mol. The number of β-lactam (4-membered cyclic amide) rings is 1. The molecule has 1 heterocycles. The van der Waals surface area contributed by atoms with Gasteiger partial charge in [-0.2, -0.15) is 0 Å². The standard InChI is InChI=1S/C10H18N2O4/c1-6-8(11)9(14)12(6)15-5-7(13)16-10(2,3)4/h6,8H,5,11H2,1-4H3/t6-,8-/m0/s1. The molecular weight excluding hydrogens is 212 g/mol. The fourth-order valence-corrected chi connectivity index (χ4v) is 1.29. The largest absolute Gasteiger partial charge is 0.458 e. The highest BCUT2D eigenvalue weighted by atomic mass is 16.7. The molecule has 0 radical (unpaired) electrons.